The van der Waals surface area contributed by atoms with Gasteiger partial charge in [-0.3, -0.25) is 5.32 Å². The van der Waals surface area contributed by atoms with Gasteiger partial charge in [0, 0.05) is 6.07 Å². The highest BCUT2D eigenvalue weighted by atomic mass is 19.4. The molecule has 0 unspecified atom stereocenters. The van der Waals surface area contributed by atoms with Gasteiger partial charge in [-0.2, -0.15) is 13.2 Å². The number of hydrogen-bond donors (Lipinski definition) is 3. The Morgan fingerprint density at radius 3 is 2.30 bits per heavy atom. The number of phenols is 1. The smallest absolute Gasteiger partial charge is 0.420 e. The van der Waals surface area contributed by atoms with Crippen molar-refractivity contribution in [1.29, 1.82) is 0 Å². The zero-order valence-corrected chi connectivity index (χ0v) is 11.1. The number of nitrogens with two attached hydrogens (primary N) is 1. The van der Waals surface area contributed by atoms with Gasteiger partial charge >= 0.3 is 12.3 Å². The number of aromatic hydroxyl groups is 1. The Morgan fingerprint density at radius 1 is 1.30 bits per heavy atom. The lowest BCUT2D eigenvalue weighted by Gasteiger charge is -2.20. The zero-order chi connectivity index (χ0) is 15.7. The molecule has 0 heterocycles. The standard InChI is InChI=1S/C12H15F3N2O3/c1-11(2,3)20-10(19)17-8-5-9(18)6(4-7(8)16)12(13,14)15/h4-5,18H,16H2,1-3H3,(H,17,19). The molecule has 5 nitrogen and oxygen atoms in total. The van der Waals surface area contributed by atoms with Gasteiger partial charge in [-0.05, 0) is 26.8 Å². The van der Waals surface area contributed by atoms with Gasteiger partial charge in [0.25, 0.3) is 0 Å². The minimum atomic E-state index is -4.73. The quantitative estimate of drug-likeness (QED) is 0.547. The minimum Gasteiger partial charge on any atom is -0.507 e. The van der Waals surface area contributed by atoms with E-state index in [1.165, 1.54) is 0 Å². The number of ether oxygens (including phenoxy) is 1. The summed E-state index contributed by atoms with van der Waals surface area (Å²) in [5, 5.41) is 11.5. The van der Waals surface area contributed by atoms with Crippen LogP contribution in [0.2, 0.25) is 0 Å². The molecule has 0 radical (unpaired) electrons. The van der Waals surface area contributed by atoms with Crippen LogP contribution >= 0.6 is 0 Å². The summed E-state index contributed by atoms with van der Waals surface area (Å²) in [6.07, 6.45) is -5.62. The molecule has 0 saturated carbocycles. The SMILES string of the molecule is CC(C)(C)OC(=O)Nc1cc(O)c(C(F)(F)F)cc1N. The Kier molecular flexibility index (Phi) is 4.07. The van der Waals surface area contributed by atoms with E-state index in [0.717, 1.165) is 6.07 Å². The second-order valence-electron chi connectivity index (χ2n) is 5.08. The first-order chi connectivity index (χ1) is 8.90. The Hall–Kier alpha value is -2.12. The third-order valence-electron chi connectivity index (χ3n) is 2.11. The normalized spacial score (nSPS) is 12.1. The molecule has 1 aromatic carbocycles. The third kappa shape index (κ3) is 4.22. The molecular formula is C12H15F3N2O3. The number of amides is 1. The fourth-order valence-corrected chi connectivity index (χ4v) is 1.35. The number of carbonyl (C=O) groups is 1. The highest BCUT2D eigenvalue weighted by molar-refractivity contribution is 5.89. The Bertz CT molecular complexity index is 522. The molecule has 0 aliphatic rings. The Balaban J connectivity index is 2.99. The number of halogens is 3. The van der Waals surface area contributed by atoms with Gasteiger partial charge in [-0.1, -0.05) is 0 Å². The first-order valence-corrected chi connectivity index (χ1v) is 5.60. The molecule has 0 aromatic heterocycles. The maximum absolute atomic E-state index is 12.5. The number of carbonyl (C=O) groups excluding carboxylic acids is 1. The molecule has 0 spiro atoms. The van der Waals surface area contributed by atoms with E-state index in [-0.39, 0.29) is 11.4 Å². The number of alkyl halides is 3. The number of nitrogen functional groups attached to an aromatic ring is 1. The maximum Gasteiger partial charge on any atom is 0.420 e. The number of hydrogen-bond acceptors (Lipinski definition) is 4. The summed E-state index contributed by atoms with van der Waals surface area (Å²) in [6, 6.07) is 1.27. The van der Waals surface area contributed by atoms with Gasteiger partial charge in [0.15, 0.2) is 0 Å². The lowest BCUT2D eigenvalue weighted by Crippen LogP contribution is -2.27. The zero-order valence-electron chi connectivity index (χ0n) is 11.1. The van der Waals surface area contributed by atoms with E-state index in [0.29, 0.717) is 6.07 Å². The summed E-state index contributed by atoms with van der Waals surface area (Å²) in [4.78, 5) is 11.5. The highest BCUT2D eigenvalue weighted by Gasteiger charge is 2.34. The van der Waals surface area contributed by atoms with Gasteiger partial charge in [0.05, 0.1) is 16.9 Å². The monoisotopic (exact) mass is 292 g/mol. The van der Waals surface area contributed by atoms with Crippen molar-refractivity contribution >= 4 is 17.5 Å². The van der Waals surface area contributed by atoms with Crippen molar-refractivity contribution in [1.82, 2.24) is 0 Å². The van der Waals surface area contributed by atoms with Crippen molar-refractivity contribution in [3.05, 3.63) is 17.7 Å². The Morgan fingerprint density at radius 2 is 1.85 bits per heavy atom. The molecule has 1 amide bonds. The van der Waals surface area contributed by atoms with Gasteiger partial charge in [0.1, 0.15) is 11.4 Å². The van der Waals surface area contributed by atoms with Crippen molar-refractivity contribution in [3.8, 4) is 5.75 Å². The van der Waals surface area contributed by atoms with Crippen LogP contribution in [0.1, 0.15) is 26.3 Å². The molecule has 0 bridgehead atoms. The van der Waals surface area contributed by atoms with Crippen molar-refractivity contribution < 1.29 is 27.8 Å². The van der Waals surface area contributed by atoms with Crippen LogP contribution in [0.15, 0.2) is 12.1 Å². The van der Waals surface area contributed by atoms with Crippen molar-refractivity contribution in [2.75, 3.05) is 11.1 Å². The molecule has 4 N–H and O–H groups in total. The molecule has 8 heteroatoms. The molecule has 0 fully saturated rings. The molecule has 1 rings (SSSR count). The van der Waals surface area contributed by atoms with E-state index in [1.54, 1.807) is 20.8 Å². The van der Waals surface area contributed by atoms with Gasteiger partial charge in [-0.15, -0.1) is 0 Å². The van der Waals surface area contributed by atoms with Crippen molar-refractivity contribution in [2.24, 2.45) is 0 Å². The third-order valence-corrected chi connectivity index (χ3v) is 2.11. The summed E-state index contributed by atoms with van der Waals surface area (Å²) in [7, 11) is 0. The summed E-state index contributed by atoms with van der Waals surface area (Å²) in [5.41, 5.74) is 2.88. The molecule has 112 valence electrons. The fourth-order valence-electron chi connectivity index (χ4n) is 1.35. The second-order valence-corrected chi connectivity index (χ2v) is 5.08. The van der Waals surface area contributed by atoms with E-state index in [4.69, 9.17) is 10.5 Å². The van der Waals surface area contributed by atoms with E-state index in [1.807, 2.05) is 0 Å². The van der Waals surface area contributed by atoms with E-state index < -0.39 is 29.2 Å². The molecular weight excluding hydrogens is 277 g/mol. The number of phenolic OH excluding ortho intramolecular Hbond substituents is 1. The predicted octanol–water partition coefficient (Wildman–Crippen LogP) is 3.34. The molecule has 20 heavy (non-hydrogen) atoms. The number of benzene rings is 1. The first kappa shape index (κ1) is 15.9. The summed E-state index contributed by atoms with van der Waals surface area (Å²) >= 11 is 0. The molecule has 0 saturated heterocycles. The molecule has 0 atom stereocenters. The number of rotatable bonds is 1. The minimum absolute atomic E-state index is 0.162. The van der Waals surface area contributed by atoms with Gasteiger partial charge in [0.2, 0.25) is 0 Å². The predicted molar refractivity (Wildman–Crippen MR) is 67.4 cm³/mol. The first-order valence-electron chi connectivity index (χ1n) is 5.60. The average Bonchev–Trinajstić information content (AvgIpc) is 2.18. The molecule has 0 aliphatic heterocycles. The van der Waals surface area contributed by atoms with Gasteiger partial charge < -0.3 is 15.6 Å². The topological polar surface area (TPSA) is 84.6 Å². The average molecular weight is 292 g/mol. The Labute approximate surface area is 113 Å². The van der Waals surface area contributed by atoms with E-state index in [2.05, 4.69) is 5.32 Å². The summed E-state index contributed by atoms with van der Waals surface area (Å²) in [6.45, 7) is 4.88. The van der Waals surface area contributed by atoms with E-state index in [9.17, 15) is 23.1 Å². The van der Waals surface area contributed by atoms with Crippen LogP contribution in [0.4, 0.5) is 29.3 Å². The largest absolute Gasteiger partial charge is 0.507 e. The molecule has 1 aromatic rings. The number of nitrogens with one attached hydrogen (secondary N) is 1. The highest BCUT2D eigenvalue weighted by Crippen LogP contribution is 2.39. The fraction of sp³-hybridized carbons (Fsp3) is 0.417. The second kappa shape index (κ2) is 5.10. The summed E-state index contributed by atoms with van der Waals surface area (Å²) in [5.74, 6) is -1.03. The van der Waals surface area contributed by atoms with E-state index >= 15 is 0 Å². The van der Waals surface area contributed by atoms with Crippen LogP contribution in [0, 0.1) is 0 Å². The van der Waals surface area contributed by atoms with Crippen LogP contribution in [-0.4, -0.2) is 16.8 Å². The summed E-state index contributed by atoms with van der Waals surface area (Å²) < 4.78 is 42.5. The lowest BCUT2D eigenvalue weighted by molar-refractivity contribution is -0.138. The van der Waals surface area contributed by atoms with Crippen LogP contribution in [0.5, 0.6) is 5.75 Å². The van der Waals surface area contributed by atoms with Crippen molar-refractivity contribution in [2.45, 2.75) is 32.5 Å². The van der Waals surface area contributed by atoms with Crippen LogP contribution in [0.25, 0.3) is 0 Å². The van der Waals surface area contributed by atoms with Crippen LogP contribution in [0.3, 0.4) is 0 Å². The number of anilines is 2. The van der Waals surface area contributed by atoms with Gasteiger partial charge in [-0.25, -0.2) is 4.79 Å². The lowest BCUT2D eigenvalue weighted by atomic mass is 10.1. The van der Waals surface area contributed by atoms with Crippen LogP contribution < -0.4 is 11.1 Å². The van der Waals surface area contributed by atoms with Crippen LogP contribution in [-0.2, 0) is 10.9 Å². The molecule has 0 aliphatic carbocycles. The maximum atomic E-state index is 12.5. The van der Waals surface area contributed by atoms with Crippen molar-refractivity contribution in [3.63, 3.8) is 0 Å².